The lowest BCUT2D eigenvalue weighted by molar-refractivity contribution is 0.0951. The number of rotatable bonds is 5. The molecule has 7 heteroatoms. The minimum Gasteiger partial charge on any atom is -0.352 e. The highest BCUT2D eigenvalue weighted by atomic mass is 32.2. The average molecular weight is 347 g/mol. The molecule has 2 aromatic rings. The number of nitrogens with one attached hydrogen (secondary N) is 1. The first-order valence-electron chi connectivity index (χ1n) is 7.84. The molecule has 1 fully saturated rings. The van der Waals surface area contributed by atoms with Gasteiger partial charge in [-0.25, -0.2) is 8.42 Å². The molecule has 0 spiro atoms. The summed E-state index contributed by atoms with van der Waals surface area (Å²) in [6.07, 6.45) is 3.96. The van der Waals surface area contributed by atoms with Gasteiger partial charge in [0, 0.05) is 43.2 Å². The van der Waals surface area contributed by atoms with Gasteiger partial charge in [-0.15, -0.1) is 0 Å². The molecular weight excluding hydrogens is 326 g/mol. The van der Waals surface area contributed by atoms with Crippen molar-refractivity contribution in [3.8, 4) is 0 Å². The van der Waals surface area contributed by atoms with Crippen molar-refractivity contribution in [1.29, 1.82) is 0 Å². The second-order valence-electron chi connectivity index (χ2n) is 6.44. The van der Waals surface area contributed by atoms with E-state index >= 15 is 0 Å². The van der Waals surface area contributed by atoms with E-state index in [1.807, 2.05) is 17.8 Å². The molecule has 3 rings (SSSR count). The first-order valence-corrected chi connectivity index (χ1v) is 9.73. The summed E-state index contributed by atoms with van der Waals surface area (Å²) < 4.78 is 25.4. The monoisotopic (exact) mass is 347 g/mol. The summed E-state index contributed by atoms with van der Waals surface area (Å²) in [6.45, 7) is 2.30. The summed E-state index contributed by atoms with van der Waals surface area (Å²) >= 11 is 0. The molecule has 1 aliphatic carbocycles. The Hall–Kier alpha value is -2.15. The van der Waals surface area contributed by atoms with E-state index in [9.17, 15) is 13.2 Å². The third kappa shape index (κ3) is 3.36. The number of benzene rings is 1. The zero-order valence-electron chi connectivity index (χ0n) is 14.0. The molecule has 128 valence electrons. The maximum absolute atomic E-state index is 12.3. The molecule has 0 saturated heterocycles. The predicted molar refractivity (Wildman–Crippen MR) is 90.7 cm³/mol. The number of carbonyl (C=O) groups is 1. The van der Waals surface area contributed by atoms with E-state index in [0.29, 0.717) is 29.5 Å². The summed E-state index contributed by atoms with van der Waals surface area (Å²) in [5.41, 5.74) is 2.20. The molecule has 0 radical (unpaired) electrons. The standard InChI is InChI=1S/C17H21N3O3S/c1-11-4-5-12(9-16(11)24(3,22)23)17(21)18-10-13-8-14(13)15-6-7-19-20(15)2/h4-7,9,13-14H,8,10H2,1-3H3,(H,18,21)/t13-,14+/m0/s1. The van der Waals surface area contributed by atoms with Gasteiger partial charge in [-0.3, -0.25) is 9.48 Å². The highest BCUT2D eigenvalue weighted by Gasteiger charge is 2.40. The van der Waals surface area contributed by atoms with Gasteiger partial charge in [0.2, 0.25) is 0 Å². The molecule has 6 nitrogen and oxygen atoms in total. The fourth-order valence-corrected chi connectivity index (χ4v) is 4.04. The Morgan fingerprint density at radius 1 is 1.38 bits per heavy atom. The van der Waals surface area contributed by atoms with E-state index in [-0.39, 0.29) is 10.8 Å². The second kappa shape index (κ2) is 6.05. The predicted octanol–water partition coefficient (Wildman–Crippen LogP) is 1.67. The van der Waals surface area contributed by atoms with E-state index in [4.69, 9.17) is 0 Å². The van der Waals surface area contributed by atoms with Crippen LogP contribution < -0.4 is 5.32 Å². The minimum absolute atomic E-state index is 0.203. The van der Waals surface area contributed by atoms with Crippen LogP contribution in [0.3, 0.4) is 0 Å². The molecule has 1 heterocycles. The van der Waals surface area contributed by atoms with Crippen molar-refractivity contribution in [1.82, 2.24) is 15.1 Å². The van der Waals surface area contributed by atoms with Crippen molar-refractivity contribution < 1.29 is 13.2 Å². The Balaban J connectivity index is 1.64. The SMILES string of the molecule is Cc1ccc(C(=O)NC[C@@H]2C[C@H]2c2ccnn2C)cc1S(C)(=O)=O. The summed E-state index contributed by atoms with van der Waals surface area (Å²) in [5, 5.41) is 7.08. The van der Waals surface area contributed by atoms with E-state index in [0.717, 1.165) is 12.7 Å². The van der Waals surface area contributed by atoms with Crippen LogP contribution in [0.2, 0.25) is 0 Å². The van der Waals surface area contributed by atoms with E-state index in [1.165, 1.54) is 11.8 Å². The number of amides is 1. The molecule has 0 bridgehead atoms. The first-order chi connectivity index (χ1) is 11.3. The van der Waals surface area contributed by atoms with Gasteiger partial charge in [0.15, 0.2) is 9.84 Å². The molecule has 1 aliphatic rings. The fourth-order valence-electron chi connectivity index (χ4n) is 3.05. The lowest BCUT2D eigenvalue weighted by Crippen LogP contribution is -2.26. The Morgan fingerprint density at radius 2 is 2.12 bits per heavy atom. The largest absolute Gasteiger partial charge is 0.352 e. The summed E-state index contributed by atoms with van der Waals surface area (Å²) in [7, 11) is -1.42. The van der Waals surface area contributed by atoms with Crippen molar-refractivity contribution in [2.45, 2.75) is 24.2 Å². The molecule has 1 aromatic carbocycles. The molecule has 1 N–H and O–H groups in total. The van der Waals surface area contributed by atoms with Crippen molar-refractivity contribution in [2.75, 3.05) is 12.8 Å². The zero-order valence-corrected chi connectivity index (χ0v) is 14.8. The lowest BCUT2D eigenvalue weighted by atomic mass is 10.1. The summed E-state index contributed by atoms with van der Waals surface area (Å²) in [6, 6.07) is 6.78. The minimum atomic E-state index is -3.34. The fraction of sp³-hybridized carbons (Fsp3) is 0.412. The normalized spacial score (nSPS) is 20.0. The van der Waals surface area contributed by atoms with Crippen molar-refractivity contribution in [2.24, 2.45) is 13.0 Å². The van der Waals surface area contributed by atoms with Crippen LogP contribution in [-0.4, -0.2) is 36.9 Å². The van der Waals surface area contributed by atoms with Crippen molar-refractivity contribution in [3.05, 3.63) is 47.3 Å². The van der Waals surface area contributed by atoms with Crippen LogP contribution in [0.25, 0.3) is 0 Å². The van der Waals surface area contributed by atoms with Gasteiger partial charge in [0.25, 0.3) is 5.91 Å². The Bertz CT molecular complexity index is 886. The summed E-state index contributed by atoms with van der Waals surface area (Å²) in [4.78, 5) is 12.5. The van der Waals surface area contributed by atoms with Crippen LogP contribution >= 0.6 is 0 Å². The van der Waals surface area contributed by atoms with Gasteiger partial charge in [-0.2, -0.15) is 5.10 Å². The van der Waals surface area contributed by atoms with Crippen molar-refractivity contribution in [3.63, 3.8) is 0 Å². The van der Waals surface area contributed by atoms with Crippen molar-refractivity contribution >= 4 is 15.7 Å². The number of hydrogen-bond acceptors (Lipinski definition) is 4. The number of aromatic nitrogens is 2. The first kappa shape index (κ1) is 16.7. The van der Waals surface area contributed by atoms with Crippen LogP contribution in [0.1, 0.15) is 34.0 Å². The number of nitrogens with zero attached hydrogens (tertiary/aromatic N) is 2. The third-order valence-corrected chi connectivity index (χ3v) is 5.77. The van der Waals surface area contributed by atoms with Crippen LogP contribution in [-0.2, 0) is 16.9 Å². The van der Waals surface area contributed by atoms with Crippen LogP contribution in [0.15, 0.2) is 35.4 Å². The molecule has 24 heavy (non-hydrogen) atoms. The lowest BCUT2D eigenvalue weighted by Gasteiger charge is -2.08. The second-order valence-corrected chi connectivity index (χ2v) is 8.43. The molecular formula is C17H21N3O3S. The van der Waals surface area contributed by atoms with Gasteiger partial charge in [0.05, 0.1) is 4.90 Å². The molecule has 0 unspecified atom stereocenters. The highest BCUT2D eigenvalue weighted by Crippen LogP contribution is 2.46. The maximum Gasteiger partial charge on any atom is 0.251 e. The van der Waals surface area contributed by atoms with E-state index in [1.54, 1.807) is 25.3 Å². The number of sulfone groups is 1. The molecule has 0 aliphatic heterocycles. The molecule has 1 amide bonds. The van der Waals surface area contributed by atoms with Crippen LogP contribution in [0.5, 0.6) is 0 Å². The van der Waals surface area contributed by atoms with E-state index in [2.05, 4.69) is 10.4 Å². The Morgan fingerprint density at radius 3 is 2.75 bits per heavy atom. The van der Waals surface area contributed by atoms with Gasteiger partial charge >= 0.3 is 0 Å². The van der Waals surface area contributed by atoms with Gasteiger partial charge in [-0.05, 0) is 43.0 Å². The summed E-state index contributed by atoms with van der Waals surface area (Å²) in [5.74, 6) is 0.599. The maximum atomic E-state index is 12.3. The number of carbonyl (C=O) groups excluding carboxylic acids is 1. The van der Waals surface area contributed by atoms with Gasteiger partial charge in [0.1, 0.15) is 0 Å². The molecule has 1 saturated carbocycles. The molecule has 1 aromatic heterocycles. The van der Waals surface area contributed by atoms with E-state index < -0.39 is 9.84 Å². The third-order valence-electron chi connectivity index (χ3n) is 4.54. The average Bonchev–Trinajstić information content (AvgIpc) is 3.16. The zero-order chi connectivity index (χ0) is 17.5. The quantitative estimate of drug-likeness (QED) is 0.892. The molecule has 2 atom stereocenters. The van der Waals surface area contributed by atoms with Gasteiger partial charge in [-0.1, -0.05) is 6.07 Å². The smallest absolute Gasteiger partial charge is 0.251 e. The Kier molecular flexibility index (Phi) is 4.21. The number of hydrogen-bond donors (Lipinski definition) is 1. The van der Waals surface area contributed by atoms with Crippen LogP contribution in [0, 0.1) is 12.8 Å². The van der Waals surface area contributed by atoms with Crippen LogP contribution in [0.4, 0.5) is 0 Å². The number of aryl methyl sites for hydroxylation is 2. The Labute approximate surface area is 141 Å². The topological polar surface area (TPSA) is 81.1 Å². The highest BCUT2D eigenvalue weighted by molar-refractivity contribution is 7.90. The van der Waals surface area contributed by atoms with Gasteiger partial charge < -0.3 is 5.32 Å².